The minimum Gasteiger partial charge on any atom is -0.392 e. The zero-order valence-corrected chi connectivity index (χ0v) is 8.70. The van der Waals surface area contributed by atoms with E-state index in [0.29, 0.717) is 0 Å². The molecule has 0 saturated carbocycles. The number of aromatic amines is 1. The highest BCUT2D eigenvalue weighted by atomic mass is 16.3. The number of aliphatic hydroxyl groups excluding tert-OH is 1. The Kier molecular flexibility index (Phi) is 2.83. The summed E-state index contributed by atoms with van der Waals surface area (Å²) >= 11 is 0. The first-order valence-corrected chi connectivity index (χ1v) is 4.98. The highest BCUT2D eigenvalue weighted by Crippen LogP contribution is 2.14. The number of aliphatic hydroxyl groups is 1. The molecule has 0 aliphatic heterocycles. The van der Waals surface area contributed by atoms with Gasteiger partial charge in [0.2, 0.25) is 0 Å². The molecule has 1 aromatic heterocycles. The number of nitrogens with zero attached hydrogens (tertiary/aromatic N) is 1. The van der Waals surface area contributed by atoms with E-state index < -0.39 is 0 Å². The second-order valence-electron chi connectivity index (χ2n) is 3.59. The SMILES string of the molecule is Cc1[nH]nc(Cc2ccccc2)c1CO. The minimum absolute atomic E-state index is 0.0461. The van der Waals surface area contributed by atoms with Gasteiger partial charge in [0.1, 0.15) is 0 Å². The Bertz CT molecular complexity index is 434. The minimum atomic E-state index is 0.0461. The van der Waals surface area contributed by atoms with Crippen molar-refractivity contribution in [3.05, 3.63) is 52.8 Å². The summed E-state index contributed by atoms with van der Waals surface area (Å²) in [5, 5.41) is 16.3. The molecular formula is C12H14N2O. The molecule has 3 heteroatoms. The van der Waals surface area contributed by atoms with Crippen LogP contribution in [0.3, 0.4) is 0 Å². The molecule has 78 valence electrons. The summed E-state index contributed by atoms with van der Waals surface area (Å²) in [6, 6.07) is 10.1. The number of nitrogens with one attached hydrogen (secondary N) is 1. The van der Waals surface area contributed by atoms with Gasteiger partial charge in [0, 0.05) is 17.7 Å². The van der Waals surface area contributed by atoms with Gasteiger partial charge in [0.15, 0.2) is 0 Å². The number of aryl methyl sites for hydroxylation is 1. The van der Waals surface area contributed by atoms with Gasteiger partial charge in [-0.15, -0.1) is 0 Å². The molecule has 2 aromatic rings. The normalized spacial score (nSPS) is 10.5. The van der Waals surface area contributed by atoms with Crippen LogP contribution in [0.25, 0.3) is 0 Å². The van der Waals surface area contributed by atoms with Gasteiger partial charge in [-0.05, 0) is 12.5 Å². The maximum absolute atomic E-state index is 9.21. The third-order valence-electron chi connectivity index (χ3n) is 2.53. The summed E-state index contributed by atoms with van der Waals surface area (Å²) in [4.78, 5) is 0. The van der Waals surface area contributed by atoms with Crippen LogP contribution in [-0.4, -0.2) is 15.3 Å². The smallest absolute Gasteiger partial charge is 0.0723 e. The Balaban J connectivity index is 2.25. The van der Waals surface area contributed by atoms with E-state index in [9.17, 15) is 5.11 Å². The van der Waals surface area contributed by atoms with Crippen molar-refractivity contribution in [3.63, 3.8) is 0 Å². The second kappa shape index (κ2) is 4.28. The Hall–Kier alpha value is -1.61. The van der Waals surface area contributed by atoms with Gasteiger partial charge < -0.3 is 5.11 Å². The number of hydrogen-bond donors (Lipinski definition) is 2. The van der Waals surface area contributed by atoms with Crippen LogP contribution in [-0.2, 0) is 13.0 Å². The van der Waals surface area contributed by atoms with Crippen LogP contribution in [0.15, 0.2) is 30.3 Å². The summed E-state index contributed by atoms with van der Waals surface area (Å²) in [6.45, 7) is 1.97. The van der Waals surface area contributed by atoms with Crippen molar-refractivity contribution in [1.29, 1.82) is 0 Å². The number of aromatic nitrogens is 2. The first-order chi connectivity index (χ1) is 7.31. The standard InChI is InChI=1S/C12H14N2O/c1-9-11(8-15)12(14-13-9)7-10-5-3-2-4-6-10/h2-6,15H,7-8H2,1H3,(H,13,14). The lowest BCUT2D eigenvalue weighted by Crippen LogP contribution is -1.94. The monoisotopic (exact) mass is 202 g/mol. The Labute approximate surface area is 88.8 Å². The maximum Gasteiger partial charge on any atom is 0.0723 e. The number of H-pyrrole nitrogens is 1. The molecule has 1 aromatic carbocycles. The predicted molar refractivity (Wildman–Crippen MR) is 58.5 cm³/mol. The van der Waals surface area contributed by atoms with Crippen LogP contribution in [0, 0.1) is 6.92 Å². The van der Waals surface area contributed by atoms with E-state index in [4.69, 9.17) is 0 Å². The lowest BCUT2D eigenvalue weighted by molar-refractivity contribution is 0.280. The van der Waals surface area contributed by atoms with Crippen molar-refractivity contribution in [3.8, 4) is 0 Å². The molecule has 0 aliphatic carbocycles. The Morgan fingerprint density at radius 2 is 2.00 bits per heavy atom. The fourth-order valence-electron chi connectivity index (χ4n) is 1.65. The van der Waals surface area contributed by atoms with Crippen LogP contribution < -0.4 is 0 Å². The van der Waals surface area contributed by atoms with E-state index in [2.05, 4.69) is 22.3 Å². The van der Waals surface area contributed by atoms with E-state index in [0.717, 1.165) is 23.4 Å². The Morgan fingerprint density at radius 1 is 1.27 bits per heavy atom. The molecule has 0 aliphatic rings. The largest absolute Gasteiger partial charge is 0.392 e. The van der Waals surface area contributed by atoms with Crippen LogP contribution >= 0.6 is 0 Å². The average molecular weight is 202 g/mol. The summed E-state index contributed by atoms with van der Waals surface area (Å²) in [5.41, 5.74) is 4.00. The third-order valence-corrected chi connectivity index (χ3v) is 2.53. The lowest BCUT2D eigenvalue weighted by Gasteiger charge is -2.00. The van der Waals surface area contributed by atoms with Crippen molar-refractivity contribution < 1.29 is 5.11 Å². The van der Waals surface area contributed by atoms with Gasteiger partial charge in [0.25, 0.3) is 0 Å². The number of hydrogen-bond acceptors (Lipinski definition) is 2. The molecule has 0 saturated heterocycles. The lowest BCUT2D eigenvalue weighted by atomic mass is 10.1. The van der Waals surface area contributed by atoms with Gasteiger partial charge in [-0.3, -0.25) is 5.10 Å². The molecule has 1 heterocycles. The number of benzene rings is 1. The Morgan fingerprint density at radius 3 is 2.67 bits per heavy atom. The van der Waals surface area contributed by atoms with E-state index in [1.807, 2.05) is 25.1 Å². The molecule has 0 amide bonds. The van der Waals surface area contributed by atoms with Crippen LogP contribution in [0.4, 0.5) is 0 Å². The van der Waals surface area contributed by atoms with E-state index in [1.54, 1.807) is 0 Å². The third kappa shape index (κ3) is 2.07. The zero-order chi connectivity index (χ0) is 10.7. The molecule has 15 heavy (non-hydrogen) atoms. The molecule has 0 atom stereocenters. The van der Waals surface area contributed by atoms with Crippen LogP contribution in [0.1, 0.15) is 22.5 Å². The second-order valence-corrected chi connectivity index (χ2v) is 3.59. The van der Waals surface area contributed by atoms with Crippen LogP contribution in [0.2, 0.25) is 0 Å². The van der Waals surface area contributed by atoms with Crippen LogP contribution in [0.5, 0.6) is 0 Å². The quantitative estimate of drug-likeness (QED) is 0.797. The van der Waals surface area contributed by atoms with Gasteiger partial charge in [-0.25, -0.2) is 0 Å². The van der Waals surface area contributed by atoms with Crippen molar-refractivity contribution in [2.24, 2.45) is 0 Å². The fourth-order valence-corrected chi connectivity index (χ4v) is 1.65. The summed E-state index contributed by atoms with van der Waals surface area (Å²) < 4.78 is 0. The zero-order valence-electron chi connectivity index (χ0n) is 8.70. The van der Waals surface area contributed by atoms with E-state index in [1.165, 1.54) is 5.56 Å². The van der Waals surface area contributed by atoms with Crippen molar-refractivity contribution in [1.82, 2.24) is 10.2 Å². The topological polar surface area (TPSA) is 48.9 Å². The fraction of sp³-hybridized carbons (Fsp3) is 0.250. The molecule has 0 unspecified atom stereocenters. The van der Waals surface area contributed by atoms with E-state index in [-0.39, 0.29) is 6.61 Å². The summed E-state index contributed by atoms with van der Waals surface area (Å²) in [6.07, 6.45) is 0.765. The predicted octanol–water partition coefficient (Wildman–Crippen LogP) is 1.80. The molecular weight excluding hydrogens is 188 g/mol. The molecule has 2 N–H and O–H groups in total. The molecule has 2 rings (SSSR count). The highest BCUT2D eigenvalue weighted by molar-refractivity contribution is 5.29. The van der Waals surface area contributed by atoms with Gasteiger partial charge >= 0.3 is 0 Å². The molecule has 0 radical (unpaired) electrons. The first kappa shape index (κ1) is 9.93. The van der Waals surface area contributed by atoms with Crippen molar-refractivity contribution in [2.45, 2.75) is 20.0 Å². The molecule has 0 bridgehead atoms. The summed E-state index contributed by atoms with van der Waals surface area (Å²) in [5.74, 6) is 0. The first-order valence-electron chi connectivity index (χ1n) is 4.98. The molecule has 3 nitrogen and oxygen atoms in total. The average Bonchev–Trinajstić information content (AvgIpc) is 2.61. The van der Waals surface area contributed by atoms with Crippen molar-refractivity contribution in [2.75, 3.05) is 0 Å². The van der Waals surface area contributed by atoms with Gasteiger partial charge in [0.05, 0.1) is 12.3 Å². The maximum atomic E-state index is 9.21. The van der Waals surface area contributed by atoms with Gasteiger partial charge in [-0.2, -0.15) is 5.10 Å². The van der Waals surface area contributed by atoms with Gasteiger partial charge in [-0.1, -0.05) is 30.3 Å². The molecule has 0 spiro atoms. The van der Waals surface area contributed by atoms with Crippen molar-refractivity contribution >= 4 is 0 Å². The van der Waals surface area contributed by atoms with E-state index >= 15 is 0 Å². The highest BCUT2D eigenvalue weighted by Gasteiger charge is 2.09. The number of rotatable bonds is 3. The molecule has 0 fully saturated rings. The summed E-state index contributed by atoms with van der Waals surface area (Å²) in [7, 11) is 0.